The fraction of sp³-hybridized carbons (Fsp3) is 0.222. The largest absolute Gasteiger partial charge is 0.478 e. The Morgan fingerprint density at radius 3 is 2.38 bits per heavy atom. The van der Waals surface area contributed by atoms with Crippen LogP contribution >= 0.6 is 23.2 Å². The molecule has 0 aromatic heterocycles. The molecule has 0 aliphatic rings. The number of hydrogen-bond acceptors (Lipinski definition) is 4. The van der Waals surface area contributed by atoms with Crippen molar-refractivity contribution in [3.63, 3.8) is 0 Å². The van der Waals surface area contributed by atoms with E-state index >= 15 is 0 Å². The van der Waals surface area contributed by atoms with E-state index in [1.165, 1.54) is 4.89 Å². The lowest BCUT2D eigenvalue weighted by Gasteiger charge is -2.11. The molecule has 12 heteroatoms. The van der Waals surface area contributed by atoms with Crippen molar-refractivity contribution in [1.29, 1.82) is 0 Å². The quantitative estimate of drug-likeness (QED) is 0.779. The number of halogens is 5. The Morgan fingerprint density at radius 1 is 1.33 bits per heavy atom. The number of hydrogen-bond donors (Lipinski definition) is 2. The summed E-state index contributed by atoms with van der Waals surface area (Å²) in [6.45, 7) is -1.88. The molecule has 1 aromatic carbocycles. The van der Waals surface area contributed by atoms with Crippen molar-refractivity contribution in [3.05, 3.63) is 27.7 Å². The van der Waals surface area contributed by atoms with Crippen LogP contribution in [0.25, 0.3) is 0 Å². The standard InChI is InChI=1S/C9H6Cl2F3NO5S/c10-4-1-5(8(16)17)7(11)6(2-4)21(18,19)15-20-3-9(12,13)14/h1-2,15H,3H2,(H,16,17). The lowest BCUT2D eigenvalue weighted by molar-refractivity contribution is -0.181. The lowest BCUT2D eigenvalue weighted by atomic mass is 10.2. The minimum Gasteiger partial charge on any atom is -0.478 e. The Hall–Kier alpha value is -1.07. The molecule has 0 saturated heterocycles. The summed E-state index contributed by atoms with van der Waals surface area (Å²) < 4.78 is 59.0. The van der Waals surface area contributed by atoms with Gasteiger partial charge in [0.1, 0.15) is 4.90 Å². The van der Waals surface area contributed by atoms with Crippen molar-refractivity contribution in [2.75, 3.05) is 6.61 Å². The van der Waals surface area contributed by atoms with Gasteiger partial charge < -0.3 is 5.11 Å². The summed E-state index contributed by atoms with van der Waals surface area (Å²) in [6.07, 6.45) is -4.76. The van der Waals surface area contributed by atoms with Gasteiger partial charge in [0.25, 0.3) is 10.0 Å². The third-order valence-corrected chi connectivity index (χ3v) is 3.90. The predicted octanol–water partition coefficient (Wildman–Crippen LogP) is 2.46. The van der Waals surface area contributed by atoms with Crippen molar-refractivity contribution in [2.45, 2.75) is 11.1 Å². The van der Waals surface area contributed by atoms with Crippen LogP contribution in [0.15, 0.2) is 17.0 Å². The van der Waals surface area contributed by atoms with Crippen LogP contribution in [0.3, 0.4) is 0 Å². The summed E-state index contributed by atoms with van der Waals surface area (Å²) in [7, 11) is -4.64. The highest BCUT2D eigenvalue weighted by molar-refractivity contribution is 7.89. The molecule has 0 atom stereocenters. The molecule has 6 nitrogen and oxygen atoms in total. The molecule has 0 amide bonds. The van der Waals surface area contributed by atoms with Crippen LogP contribution in [-0.2, 0) is 14.9 Å². The Labute approximate surface area is 126 Å². The van der Waals surface area contributed by atoms with E-state index in [1.807, 2.05) is 0 Å². The van der Waals surface area contributed by atoms with Gasteiger partial charge in [-0.15, -0.1) is 0 Å². The SMILES string of the molecule is O=C(O)c1cc(Cl)cc(S(=O)(=O)NOCC(F)(F)F)c1Cl. The average molecular weight is 368 g/mol. The first kappa shape index (κ1) is 18.0. The van der Waals surface area contributed by atoms with Crippen LogP contribution in [0.5, 0.6) is 0 Å². The number of rotatable bonds is 5. The highest BCUT2D eigenvalue weighted by Crippen LogP contribution is 2.29. The molecule has 0 fully saturated rings. The highest BCUT2D eigenvalue weighted by Gasteiger charge is 2.30. The van der Waals surface area contributed by atoms with E-state index in [2.05, 4.69) is 4.84 Å². The van der Waals surface area contributed by atoms with Crippen molar-refractivity contribution in [1.82, 2.24) is 4.89 Å². The van der Waals surface area contributed by atoms with Crippen LogP contribution in [-0.4, -0.2) is 32.3 Å². The first-order valence-electron chi connectivity index (χ1n) is 4.87. The second kappa shape index (κ2) is 6.36. The van der Waals surface area contributed by atoms with Gasteiger partial charge in [-0.05, 0) is 12.1 Å². The van der Waals surface area contributed by atoms with Gasteiger partial charge in [0, 0.05) is 5.02 Å². The third kappa shape index (κ3) is 5.00. The lowest BCUT2D eigenvalue weighted by Crippen LogP contribution is -2.30. The summed E-state index contributed by atoms with van der Waals surface area (Å²) in [4.78, 5) is 15.0. The molecule has 118 valence electrons. The number of carbonyl (C=O) groups is 1. The van der Waals surface area contributed by atoms with Crippen LogP contribution in [0, 0.1) is 0 Å². The van der Waals surface area contributed by atoms with Crippen LogP contribution in [0.1, 0.15) is 10.4 Å². The maximum atomic E-state index is 11.9. The van der Waals surface area contributed by atoms with Gasteiger partial charge in [0.15, 0.2) is 6.61 Å². The Morgan fingerprint density at radius 2 is 1.90 bits per heavy atom. The van der Waals surface area contributed by atoms with E-state index in [1.54, 1.807) is 0 Å². The maximum Gasteiger partial charge on any atom is 0.413 e. The smallest absolute Gasteiger partial charge is 0.413 e. The fourth-order valence-corrected chi connectivity index (χ4v) is 2.86. The summed E-state index contributed by atoms with van der Waals surface area (Å²) in [5.41, 5.74) is -0.625. The number of carboxylic acid groups (broad SMARTS) is 1. The van der Waals surface area contributed by atoms with E-state index in [4.69, 9.17) is 28.3 Å². The first-order chi connectivity index (χ1) is 9.44. The van der Waals surface area contributed by atoms with Gasteiger partial charge in [-0.3, -0.25) is 4.84 Å². The summed E-state index contributed by atoms with van der Waals surface area (Å²) >= 11 is 11.1. The second-order valence-electron chi connectivity index (χ2n) is 3.56. The zero-order valence-electron chi connectivity index (χ0n) is 9.74. The number of benzene rings is 1. The second-order valence-corrected chi connectivity index (χ2v) is 5.99. The Bertz CT molecular complexity index is 662. The van der Waals surface area contributed by atoms with Crippen LogP contribution in [0.2, 0.25) is 10.0 Å². The fourth-order valence-electron chi connectivity index (χ4n) is 1.15. The maximum absolute atomic E-state index is 11.9. The number of aromatic carboxylic acids is 1. The monoisotopic (exact) mass is 367 g/mol. The zero-order chi connectivity index (χ0) is 16.4. The van der Waals surface area contributed by atoms with Crippen molar-refractivity contribution in [3.8, 4) is 0 Å². The molecule has 0 spiro atoms. The Kier molecular flexibility index (Phi) is 5.45. The van der Waals surface area contributed by atoms with Gasteiger partial charge in [-0.2, -0.15) is 13.2 Å². The van der Waals surface area contributed by atoms with Crippen molar-refractivity contribution in [2.24, 2.45) is 0 Å². The van der Waals surface area contributed by atoms with E-state index in [0.29, 0.717) is 0 Å². The van der Waals surface area contributed by atoms with Crippen molar-refractivity contribution >= 4 is 39.2 Å². The van der Waals surface area contributed by atoms with Gasteiger partial charge in [-0.1, -0.05) is 28.1 Å². The molecular formula is C9H6Cl2F3NO5S. The van der Waals surface area contributed by atoms with Gasteiger partial charge in [0.2, 0.25) is 0 Å². The number of nitrogens with one attached hydrogen (secondary N) is 1. The molecule has 1 rings (SSSR count). The molecular weight excluding hydrogens is 362 g/mol. The van der Waals surface area contributed by atoms with Gasteiger partial charge >= 0.3 is 12.1 Å². The normalized spacial score (nSPS) is 12.4. The predicted molar refractivity (Wildman–Crippen MR) is 65.7 cm³/mol. The van der Waals surface area contributed by atoms with Gasteiger partial charge in [0.05, 0.1) is 10.6 Å². The Balaban J connectivity index is 3.12. The number of carboxylic acids is 1. The molecule has 1 aromatic rings. The summed E-state index contributed by atoms with van der Waals surface area (Å²) in [6, 6.07) is 1.66. The zero-order valence-corrected chi connectivity index (χ0v) is 12.1. The summed E-state index contributed by atoms with van der Waals surface area (Å²) in [5, 5.41) is 7.83. The van der Waals surface area contributed by atoms with Crippen molar-refractivity contribution < 1.29 is 36.3 Å². The first-order valence-corrected chi connectivity index (χ1v) is 7.10. The molecule has 2 N–H and O–H groups in total. The van der Waals surface area contributed by atoms with Crippen LogP contribution in [0.4, 0.5) is 13.2 Å². The average Bonchev–Trinajstić information content (AvgIpc) is 2.29. The molecule has 0 bridgehead atoms. The molecule has 0 unspecified atom stereocenters. The third-order valence-electron chi connectivity index (χ3n) is 1.93. The topological polar surface area (TPSA) is 92.7 Å². The molecule has 0 radical (unpaired) electrons. The van der Waals surface area contributed by atoms with E-state index in [-0.39, 0.29) is 5.02 Å². The molecule has 21 heavy (non-hydrogen) atoms. The number of sulfonamides is 1. The molecule has 0 aliphatic heterocycles. The molecule has 0 aliphatic carbocycles. The highest BCUT2D eigenvalue weighted by atomic mass is 35.5. The minimum absolute atomic E-state index is 0.284. The van der Waals surface area contributed by atoms with E-state index in [9.17, 15) is 26.4 Å². The van der Waals surface area contributed by atoms with Crippen LogP contribution < -0.4 is 4.89 Å². The minimum atomic E-state index is -4.76. The van der Waals surface area contributed by atoms with E-state index in [0.717, 1.165) is 12.1 Å². The number of alkyl halides is 3. The van der Waals surface area contributed by atoms with Gasteiger partial charge in [-0.25, -0.2) is 13.2 Å². The summed E-state index contributed by atoms with van der Waals surface area (Å²) in [5.74, 6) is -1.56. The van der Waals surface area contributed by atoms with E-state index < -0.39 is 44.3 Å². The molecule has 0 heterocycles. The molecule has 0 saturated carbocycles.